The Morgan fingerprint density at radius 2 is 1.84 bits per heavy atom. The molecule has 1 aliphatic heterocycles. The molecular formula is C16H24N2O. The first kappa shape index (κ1) is 13.9. The fourth-order valence-corrected chi connectivity index (χ4v) is 2.99. The number of hydrogen-bond acceptors (Lipinski definition) is 2. The highest BCUT2D eigenvalue weighted by Gasteiger charge is 2.43. The zero-order valence-corrected chi connectivity index (χ0v) is 12.4. The molecule has 19 heavy (non-hydrogen) atoms. The lowest BCUT2D eigenvalue weighted by Crippen LogP contribution is -2.62. The van der Waals surface area contributed by atoms with E-state index in [1.165, 1.54) is 0 Å². The normalized spacial score (nSPS) is 18.7. The van der Waals surface area contributed by atoms with Crippen LogP contribution in [0.2, 0.25) is 0 Å². The lowest BCUT2D eigenvalue weighted by molar-refractivity contribution is 0.0335. The number of para-hydroxylation sites is 1. The zero-order chi connectivity index (χ0) is 14.0. The van der Waals surface area contributed by atoms with Gasteiger partial charge < -0.3 is 10.2 Å². The summed E-state index contributed by atoms with van der Waals surface area (Å²) in [5.74, 6) is 0.160. The number of carbonyl (C=O) groups is 1. The van der Waals surface area contributed by atoms with Crippen LogP contribution in [0, 0.1) is 0 Å². The highest BCUT2D eigenvalue weighted by Crippen LogP contribution is 2.37. The van der Waals surface area contributed by atoms with Crippen LogP contribution in [0.3, 0.4) is 0 Å². The maximum Gasteiger partial charge on any atom is 0.258 e. The van der Waals surface area contributed by atoms with Crippen molar-refractivity contribution in [3.05, 3.63) is 29.8 Å². The minimum absolute atomic E-state index is 0.160. The molecule has 3 heteroatoms. The second kappa shape index (κ2) is 5.24. The van der Waals surface area contributed by atoms with Crippen molar-refractivity contribution < 1.29 is 4.79 Å². The Kier molecular flexibility index (Phi) is 3.83. The van der Waals surface area contributed by atoms with Crippen LogP contribution >= 0.6 is 0 Å². The van der Waals surface area contributed by atoms with E-state index in [9.17, 15) is 4.79 Å². The van der Waals surface area contributed by atoms with Crippen LogP contribution in [0.1, 0.15) is 57.3 Å². The Labute approximate surface area is 116 Å². The van der Waals surface area contributed by atoms with Crippen molar-refractivity contribution >= 4 is 11.6 Å². The number of fused-ring (bicyclic) bond motifs is 1. The maximum absolute atomic E-state index is 12.8. The van der Waals surface area contributed by atoms with Gasteiger partial charge in [0.1, 0.15) is 5.66 Å². The lowest BCUT2D eigenvalue weighted by Gasteiger charge is -2.50. The molecular weight excluding hydrogens is 236 g/mol. The third-order valence-corrected chi connectivity index (χ3v) is 4.41. The van der Waals surface area contributed by atoms with Crippen molar-refractivity contribution in [2.24, 2.45) is 0 Å². The van der Waals surface area contributed by atoms with Gasteiger partial charge in [0.05, 0.1) is 5.56 Å². The first-order chi connectivity index (χ1) is 9.09. The van der Waals surface area contributed by atoms with E-state index >= 15 is 0 Å². The van der Waals surface area contributed by atoms with Crippen LogP contribution in [0.5, 0.6) is 0 Å². The van der Waals surface area contributed by atoms with Gasteiger partial charge in [0.15, 0.2) is 0 Å². The molecule has 1 N–H and O–H groups in total. The molecule has 0 radical (unpaired) electrons. The Bertz CT molecular complexity index is 466. The van der Waals surface area contributed by atoms with E-state index in [4.69, 9.17) is 0 Å². The summed E-state index contributed by atoms with van der Waals surface area (Å²) in [4.78, 5) is 14.9. The predicted octanol–water partition coefficient (Wildman–Crippen LogP) is 3.87. The molecule has 1 unspecified atom stereocenters. The molecule has 0 fully saturated rings. The summed E-state index contributed by atoms with van der Waals surface area (Å²) in [6.07, 6.45) is 2.79. The van der Waals surface area contributed by atoms with Crippen molar-refractivity contribution in [3.8, 4) is 0 Å². The molecule has 0 aliphatic carbocycles. The highest BCUT2D eigenvalue weighted by molar-refractivity contribution is 6.02. The number of amides is 1. The van der Waals surface area contributed by atoms with Crippen molar-refractivity contribution in [1.82, 2.24) is 4.90 Å². The molecule has 0 saturated carbocycles. The minimum Gasteiger partial charge on any atom is -0.362 e. The second-order valence-electron chi connectivity index (χ2n) is 5.34. The van der Waals surface area contributed by atoms with Gasteiger partial charge in [-0.2, -0.15) is 0 Å². The minimum atomic E-state index is -0.249. The largest absolute Gasteiger partial charge is 0.362 e. The van der Waals surface area contributed by atoms with E-state index in [1.54, 1.807) is 0 Å². The average molecular weight is 260 g/mol. The van der Waals surface area contributed by atoms with Crippen LogP contribution in [-0.2, 0) is 0 Å². The molecule has 1 aliphatic rings. The number of rotatable bonds is 4. The molecule has 0 aromatic heterocycles. The van der Waals surface area contributed by atoms with Gasteiger partial charge in [-0.15, -0.1) is 0 Å². The average Bonchev–Trinajstić information content (AvgIpc) is 2.46. The summed E-state index contributed by atoms with van der Waals surface area (Å²) < 4.78 is 0. The third kappa shape index (κ3) is 2.11. The number of nitrogens with zero attached hydrogens (tertiary/aromatic N) is 1. The Morgan fingerprint density at radius 3 is 2.42 bits per heavy atom. The molecule has 0 bridgehead atoms. The van der Waals surface area contributed by atoms with Crippen LogP contribution in [-0.4, -0.2) is 22.5 Å². The van der Waals surface area contributed by atoms with Crippen LogP contribution in [0.4, 0.5) is 5.69 Å². The van der Waals surface area contributed by atoms with Gasteiger partial charge in [-0.05, 0) is 38.3 Å². The molecule has 1 heterocycles. The van der Waals surface area contributed by atoms with Gasteiger partial charge in [0.25, 0.3) is 5.91 Å². The van der Waals surface area contributed by atoms with Crippen molar-refractivity contribution in [1.29, 1.82) is 0 Å². The van der Waals surface area contributed by atoms with Gasteiger partial charge in [-0.3, -0.25) is 4.79 Å². The monoisotopic (exact) mass is 260 g/mol. The topological polar surface area (TPSA) is 32.3 Å². The van der Waals surface area contributed by atoms with E-state index in [0.29, 0.717) is 0 Å². The maximum atomic E-state index is 12.8. The van der Waals surface area contributed by atoms with E-state index in [2.05, 4.69) is 37.9 Å². The number of benzene rings is 1. The number of carbonyl (C=O) groups excluding carboxylic acids is 1. The van der Waals surface area contributed by atoms with E-state index in [-0.39, 0.29) is 17.6 Å². The summed E-state index contributed by atoms with van der Waals surface area (Å²) >= 11 is 0. The Hall–Kier alpha value is -1.51. The first-order valence-electron chi connectivity index (χ1n) is 7.30. The van der Waals surface area contributed by atoms with E-state index < -0.39 is 0 Å². The van der Waals surface area contributed by atoms with Crippen LogP contribution in [0.15, 0.2) is 24.3 Å². The quantitative estimate of drug-likeness (QED) is 0.891. The van der Waals surface area contributed by atoms with Gasteiger partial charge in [0, 0.05) is 11.7 Å². The Balaban J connectivity index is 2.53. The molecule has 3 nitrogen and oxygen atoms in total. The molecule has 0 spiro atoms. The number of nitrogens with one attached hydrogen (secondary N) is 1. The molecule has 104 valence electrons. The fourth-order valence-electron chi connectivity index (χ4n) is 2.99. The summed E-state index contributed by atoms with van der Waals surface area (Å²) in [6, 6.07) is 8.07. The molecule has 0 saturated heterocycles. The Morgan fingerprint density at radius 1 is 1.21 bits per heavy atom. The van der Waals surface area contributed by atoms with E-state index in [1.807, 2.05) is 24.3 Å². The molecule has 1 amide bonds. The summed E-state index contributed by atoms with van der Waals surface area (Å²) in [5, 5.41) is 3.61. The molecule has 2 rings (SSSR count). The van der Waals surface area contributed by atoms with Crippen molar-refractivity contribution in [2.45, 2.75) is 58.7 Å². The number of anilines is 1. The molecule has 1 aromatic carbocycles. The van der Waals surface area contributed by atoms with Gasteiger partial charge in [-0.25, -0.2) is 0 Å². The zero-order valence-electron chi connectivity index (χ0n) is 12.4. The van der Waals surface area contributed by atoms with Gasteiger partial charge >= 0.3 is 0 Å². The lowest BCUT2D eigenvalue weighted by atomic mass is 9.92. The SMILES string of the molecule is CCC(C)N1C(=O)c2ccccc2NC1(CC)CC. The fraction of sp³-hybridized carbons (Fsp3) is 0.562. The summed E-state index contributed by atoms with van der Waals surface area (Å²) in [5.41, 5.74) is 1.51. The smallest absolute Gasteiger partial charge is 0.258 e. The highest BCUT2D eigenvalue weighted by atomic mass is 16.2. The van der Waals surface area contributed by atoms with Crippen LogP contribution in [0.25, 0.3) is 0 Å². The van der Waals surface area contributed by atoms with E-state index in [0.717, 1.165) is 30.5 Å². The van der Waals surface area contributed by atoms with Crippen molar-refractivity contribution in [2.75, 3.05) is 5.32 Å². The van der Waals surface area contributed by atoms with Gasteiger partial charge in [-0.1, -0.05) is 32.9 Å². The van der Waals surface area contributed by atoms with Crippen LogP contribution < -0.4 is 5.32 Å². The molecule has 1 aromatic rings. The summed E-state index contributed by atoms with van der Waals surface area (Å²) in [7, 11) is 0. The third-order valence-electron chi connectivity index (χ3n) is 4.41. The first-order valence-corrected chi connectivity index (χ1v) is 7.30. The molecule has 1 atom stereocenters. The van der Waals surface area contributed by atoms with Crippen molar-refractivity contribution in [3.63, 3.8) is 0 Å². The standard InChI is InChI=1S/C16H24N2O/c1-5-12(4)18-15(19)13-10-8-9-11-14(13)17-16(18,6-2)7-3/h8-12,17H,5-7H2,1-4H3. The number of hydrogen-bond donors (Lipinski definition) is 1. The van der Waals surface area contributed by atoms with Gasteiger partial charge in [0.2, 0.25) is 0 Å². The second-order valence-corrected chi connectivity index (χ2v) is 5.34. The summed E-state index contributed by atoms with van der Waals surface area (Å²) in [6.45, 7) is 8.56. The predicted molar refractivity (Wildman–Crippen MR) is 79.3 cm³/mol.